The van der Waals surface area contributed by atoms with Gasteiger partial charge in [0.2, 0.25) is 0 Å². The number of hydrogen-bond donors (Lipinski definition) is 2. The standard InChI is InChI=1S/C15H12O4/c16-9-12-7-10(8-15(18)19)1-6-14(12)11-2-4-13(17)5-3-11/h1-7,9,17H,8H2,(H,18,19). The lowest BCUT2D eigenvalue weighted by Gasteiger charge is -2.07. The fourth-order valence-corrected chi connectivity index (χ4v) is 1.90. The highest BCUT2D eigenvalue weighted by molar-refractivity contribution is 5.88. The monoisotopic (exact) mass is 256 g/mol. The highest BCUT2D eigenvalue weighted by atomic mass is 16.4. The Morgan fingerprint density at radius 1 is 1.11 bits per heavy atom. The number of phenolic OH excluding ortho intramolecular Hbond substituents is 1. The van der Waals surface area contributed by atoms with Gasteiger partial charge >= 0.3 is 5.97 Å². The summed E-state index contributed by atoms with van der Waals surface area (Å²) in [6.45, 7) is 0. The summed E-state index contributed by atoms with van der Waals surface area (Å²) in [6, 6.07) is 11.5. The zero-order valence-electron chi connectivity index (χ0n) is 10.0. The molecule has 0 atom stereocenters. The van der Waals surface area contributed by atoms with Crippen LogP contribution in [0.1, 0.15) is 15.9 Å². The number of phenols is 1. The van der Waals surface area contributed by atoms with E-state index in [1.54, 1.807) is 30.3 Å². The van der Waals surface area contributed by atoms with Crippen molar-refractivity contribution < 1.29 is 19.8 Å². The van der Waals surface area contributed by atoms with Gasteiger partial charge in [-0.05, 0) is 34.9 Å². The first-order chi connectivity index (χ1) is 9.10. The molecule has 2 aromatic carbocycles. The molecule has 0 radical (unpaired) electrons. The Kier molecular flexibility index (Phi) is 3.61. The van der Waals surface area contributed by atoms with E-state index in [4.69, 9.17) is 5.11 Å². The molecule has 0 aliphatic carbocycles. The molecule has 0 saturated heterocycles. The van der Waals surface area contributed by atoms with Crippen LogP contribution in [0.15, 0.2) is 42.5 Å². The van der Waals surface area contributed by atoms with Crippen LogP contribution in [0, 0.1) is 0 Å². The quantitative estimate of drug-likeness (QED) is 0.824. The largest absolute Gasteiger partial charge is 0.508 e. The number of carboxylic acids is 1. The van der Waals surface area contributed by atoms with Crippen LogP contribution in [0.2, 0.25) is 0 Å². The van der Waals surface area contributed by atoms with Gasteiger partial charge < -0.3 is 10.2 Å². The van der Waals surface area contributed by atoms with E-state index in [1.807, 2.05) is 0 Å². The summed E-state index contributed by atoms with van der Waals surface area (Å²) in [4.78, 5) is 21.8. The zero-order chi connectivity index (χ0) is 13.8. The summed E-state index contributed by atoms with van der Waals surface area (Å²) in [5.74, 6) is -0.784. The second kappa shape index (κ2) is 5.35. The Labute approximate surface area is 109 Å². The molecule has 0 fully saturated rings. The first-order valence-corrected chi connectivity index (χ1v) is 5.69. The smallest absolute Gasteiger partial charge is 0.307 e. The molecule has 0 spiro atoms. The van der Waals surface area contributed by atoms with E-state index in [-0.39, 0.29) is 12.2 Å². The van der Waals surface area contributed by atoms with E-state index in [0.29, 0.717) is 23.0 Å². The van der Waals surface area contributed by atoms with Gasteiger partial charge in [0.15, 0.2) is 6.29 Å². The number of carboxylic acid groups (broad SMARTS) is 1. The highest BCUT2D eigenvalue weighted by Gasteiger charge is 2.08. The third-order valence-electron chi connectivity index (χ3n) is 2.78. The van der Waals surface area contributed by atoms with E-state index >= 15 is 0 Å². The minimum absolute atomic E-state index is 0.114. The van der Waals surface area contributed by atoms with Gasteiger partial charge in [-0.15, -0.1) is 0 Å². The average molecular weight is 256 g/mol. The Morgan fingerprint density at radius 2 is 1.79 bits per heavy atom. The van der Waals surface area contributed by atoms with E-state index < -0.39 is 5.97 Å². The van der Waals surface area contributed by atoms with E-state index in [9.17, 15) is 14.7 Å². The van der Waals surface area contributed by atoms with Gasteiger partial charge in [0.1, 0.15) is 5.75 Å². The normalized spacial score (nSPS) is 10.1. The minimum Gasteiger partial charge on any atom is -0.508 e. The molecule has 4 nitrogen and oxygen atoms in total. The molecule has 96 valence electrons. The predicted molar refractivity (Wildman–Crippen MR) is 70.3 cm³/mol. The lowest BCUT2D eigenvalue weighted by Crippen LogP contribution is -2.01. The molecule has 2 aromatic rings. The number of rotatable bonds is 4. The summed E-state index contributed by atoms with van der Waals surface area (Å²) in [5.41, 5.74) is 2.52. The van der Waals surface area contributed by atoms with Crippen LogP contribution in [0.3, 0.4) is 0 Å². The molecule has 0 heterocycles. The van der Waals surface area contributed by atoms with E-state index in [2.05, 4.69) is 0 Å². The maximum Gasteiger partial charge on any atom is 0.307 e. The Bertz CT molecular complexity index is 615. The van der Waals surface area contributed by atoms with Crippen LogP contribution >= 0.6 is 0 Å². The summed E-state index contributed by atoms with van der Waals surface area (Å²) < 4.78 is 0. The Balaban J connectivity index is 2.43. The summed E-state index contributed by atoms with van der Waals surface area (Å²) in [7, 11) is 0. The van der Waals surface area contributed by atoms with Crippen molar-refractivity contribution in [2.24, 2.45) is 0 Å². The van der Waals surface area contributed by atoms with Crippen LogP contribution in [0.4, 0.5) is 0 Å². The van der Waals surface area contributed by atoms with Crippen molar-refractivity contribution in [1.82, 2.24) is 0 Å². The maximum absolute atomic E-state index is 11.1. The van der Waals surface area contributed by atoms with Crippen LogP contribution in [-0.2, 0) is 11.2 Å². The molecular weight excluding hydrogens is 244 g/mol. The van der Waals surface area contributed by atoms with Crippen LogP contribution in [0.5, 0.6) is 5.75 Å². The number of carbonyl (C=O) groups excluding carboxylic acids is 1. The number of hydrogen-bond acceptors (Lipinski definition) is 3. The third kappa shape index (κ3) is 2.98. The van der Waals surface area contributed by atoms with E-state index in [0.717, 1.165) is 5.56 Å². The molecule has 0 aliphatic heterocycles. The number of benzene rings is 2. The van der Waals surface area contributed by atoms with Crippen molar-refractivity contribution in [2.75, 3.05) is 0 Å². The summed E-state index contributed by atoms with van der Waals surface area (Å²) in [5, 5.41) is 18.0. The van der Waals surface area contributed by atoms with Crippen LogP contribution < -0.4 is 0 Å². The number of carbonyl (C=O) groups is 2. The van der Waals surface area contributed by atoms with Gasteiger partial charge in [-0.25, -0.2) is 0 Å². The lowest BCUT2D eigenvalue weighted by atomic mass is 9.97. The average Bonchev–Trinajstić information content (AvgIpc) is 2.39. The number of aldehydes is 1. The van der Waals surface area contributed by atoms with Crippen molar-refractivity contribution >= 4 is 12.3 Å². The van der Waals surface area contributed by atoms with Crippen molar-refractivity contribution in [1.29, 1.82) is 0 Å². The fourth-order valence-electron chi connectivity index (χ4n) is 1.90. The van der Waals surface area contributed by atoms with Crippen molar-refractivity contribution in [3.63, 3.8) is 0 Å². The van der Waals surface area contributed by atoms with Gasteiger partial charge in [-0.1, -0.05) is 24.3 Å². The Hall–Kier alpha value is -2.62. The highest BCUT2D eigenvalue weighted by Crippen LogP contribution is 2.25. The van der Waals surface area contributed by atoms with Crippen LogP contribution in [-0.4, -0.2) is 22.5 Å². The molecule has 0 unspecified atom stereocenters. The SMILES string of the molecule is O=Cc1cc(CC(=O)O)ccc1-c1ccc(O)cc1. The van der Waals surface area contributed by atoms with Gasteiger partial charge in [0.05, 0.1) is 6.42 Å². The zero-order valence-corrected chi connectivity index (χ0v) is 10.0. The van der Waals surface area contributed by atoms with Crippen molar-refractivity contribution in [3.05, 3.63) is 53.6 Å². The lowest BCUT2D eigenvalue weighted by molar-refractivity contribution is -0.136. The molecule has 0 bridgehead atoms. The number of aliphatic carboxylic acids is 1. The summed E-state index contributed by atoms with van der Waals surface area (Å²) in [6.07, 6.45) is 0.588. The van der Waals surface area contributed by atoms with Gasteiger partial charge in [-0.3, -0.25) is 9.59 Å². The molecule has 4 heteroatoms. The number of aromatic hydroxyl groups is 1. The predicted octanol–water partition coefficient (Wildman–Crippen LogP) is 2.50. The minimum atomic E-state index is -0.936. The molecule has 0 aromatic heterocycles. The third-order valence-corrected chi connectivity index (χ3v) is 2.78. The molecule has 19 heavy (non-hydrogen) atoms. The Morgan fingerprint density at radius 3 is 2.37 bits per heavy atom. The second-order valence-corrected chi connectivity index (χ2v) is 4.16. The first kappa shape index (κ1) is 12.8. The molecule has 0 amide bonds. The fraction of sp³-hybridized carbons (Fsp3) is 0.0667. The molecular formula is C15H12O4. The molecule has 2 rings (SSSR count). The van der Waals surface area contributed by atoms with Crippen molar-refractivity contribution in [2.45, 2.75) is 6.42 Å². The second-order valence-electron chi connectivity index (χ2n) is 4.16. The van der Waals surface area contributed by atoms with E-state index in [1.165, 1.54) is 12.1 Å². The van der Waals surface area contributed by atoms with Gasteiger partial charge in [0, 0.05) is 5.56 Å². The van der Waals surface area contributed by atoms with Gasteiger partial charge in [-0.2, -0.15) is 0 Å². The summed E-state index contributed by atoms with van der Waals surface area (Å²) >= 11 is 0. The first-order valence-electron chi connectivity index (χ1n) is 5.69. The molecule has 0 aliphatic rings. The van der Waals surface area contributed by atoms with Crippen LogP contribution in [0.25, 0.3) is 11.1 Å². The maximum atomic E-state index is 11.1. The molecule has 2 N–H and O–H groups in total. The van der Waals surface area contributed by atoms with Crippen molar-refractivity contribution in [3.8, 4) is 16.9 Å². The molecule has 0 saturated carbocycles. The van der Waals surface area contributed by atoms with Gasteiger partial charge in [0.25, 0.3) is 0 Å². The topological polar surface area (TPSA) is 74.6 Å².